The van der Waals surface area contributed by atoms with Crippen molar-refractivity contribution in [3.63, 3.8) is 0 Å². The number of carbonyl (C=O) groups excluding carboxylic acids is 2. The third kappa shape index (κ3) is 4.93. The van der Waals surface area contributed by atoms with Crippen LogP contribution in [0.1, 0.15) is 41.6 Å². The Morgan fingerprint density at radius 1 is 0.962 bits per heavy atom. The van der Waals surface area contributed by atoms with Crippen molar-refractivity contribution in [2.45, 2.75) is 25.7 Å². The fourth-order valence-electron chi connectivity index (χ4n) is 3.20. The van der Waals surface area contributed by atoms with Crippen LogP contribution in [0.5, 0.6) is 0 Å². The van der Waals surface area contributed by atoms with Gasteiger partial charge in [0.15, 0.2) is 5.78 Å². The number of piperidine rings is 1. The summed E-state index contributed by atoms with van der Waals surface area (Å²) in [6.45, 7) is 2.90. The van der Waals surface area contributed by atoms with Crippen molar-refractivity contribution in [3.05, 3.63) is 64.7 Å². The topological polar surface area (TPSA) is 49.4 Å². The van der Waals surface area contributed by atoms with E-state index in [1.807, 2.05) is 6.07 Å². The van der Waals surface area contributed by atoms with Gasteiger partial charge in [0.05, 0.1) is 5.69 Å². The number of rotatable bonds is 6. The standard InChI is InChI=1S/C21H23ClN2O2/c22-17-10-8-16(9-11-17)21(26)18-6-2-3-7-19(18)23-20(25)12-15-24-13-4-1-5-14-24/h2-3,6-11H,1,4-5,12-15H2,(H,23,25). The number of anilines is 1. The number of para-hydroxylation sites is 1. The summed E-state index contributed by atoms with van der Waals surface area (Å²) in [6.07, 6.45) is 4.13. The van der Waals surface area contributed by atoms with Gasteiger partial charge in [-0.2, -0.15) is 0 Å². The van der Waals surface area contributed by atoms with Crippen LogP contribution in [0.25, 0.3) is 0 Å². The first kappa shape index (κ1) is 18.6. The van der Waals surface area contributed by atoms with Crippen LogP contribution in [0.15, 0.2) is 48.5 Å². The molecule has 0 unspecified atom stereocenters. The summed E-state index contributed by atoms with van der Waals surface area (Å²) in [5, 5.41) is 3.48. The molecule has 26 heavy (non-hydrogen) atoms. The fourth-order valence-corrected chi connectivity index (χ4v) is 3.33. The molecule has 1 heterocycles. The molecule has 0 radical (unpaired) electrons. The zero-order valence-corrected chi connectivity index (χ0v) is 15.5. The van der Waals surface area contributed by atoms with Crippen molar-refractivity contribution >= 4 is 29.0 Å². The Labute approximate surface area is 159 Å². The lowest BCUT2D eigenvalue weighted by atomic mass is 10.0. The molecule has 1 aliphatic heterocycles. The van der Waals surface area contributed by atoms with Crippen LogP contribution in [0.4, 0.5) is 5.69 Å². The van der Waals surface area contributed by atoms with Gasteiger partial charge in [0, 0.05) is 29.1 Å². The van der Waals surface area contributed by atoms with Crippen LogP contribution < -0.4 is 5.32 Å². The largest absolute Gasteiger partial charge is 0.325 e. The molecule has 3 rings (SSSR count). The highest BCUT2D eigenvalue weighted by molar-refractivity contribution is 6.30. The third-order valence-electron chi connectivity index (χ3n) is 4.66. The minimum Gasteiger partial charge on any atom is -0.325 e. The van der Waals surface area contributed by atoms with E-state index in [2.05, 4.69) is 10.2 Å². The van der Waals surface area contributed by atoms with Gasteiger partial charge < -0.3 is 10.2 Å². The Balaban J connectivity index is 1.65. The first-order valence-corrected chi connectivity index (χ1v) is 9.43. The highest BCUT2D eigenvalue weighted by Crippen LogP contribution is 2.21. The number of amides is 1. The van der Waals surface area contributed by atoms with Gasteiger partial charge in [0.2, 0.25) is 5.91 Å². The average molecular weight is 371 g/mol. The number of ketones is 1. The Morgan fingerprint density at radius 2 is 1.65 bits per heavy atom. The van der Waals surface area contributed by atoms with E-state index in [9.17, 15) is 9.59 Å². The number of nitrogens with zero attached hydrogens (tertiary/aromatic N) is 1. The maximum absolute atomic E-state index is 12.8. The number of hydrogen-bond acceptors (Lipinski definition) is 3. The third-order valence-corrected chi connectivity index (χ3v) is 4.91. The lowest BCUT2D eigenvalue weighted by molar-refractivity contribution is -0.116. The molecule has 136 valence electrons. The number of nitrogens with one attached hydrogen (secondary N) is 1. The van der Waals surface area contributed by atoms with E-state index >= 15 is 0 Å². The van der Waals surface area contributed by atoms with E-state index in [1.165, 1.54) is 19.3 Å². The average Bonchev–Trinajstić information content (AvgIpc) is 2.68. The Hall–Kier alpha value is -2.17. The minimum absolute atomic E-state index is 0.0630. The number of hydrogen-bond donors (Lipinski definition) is 1. The quantitative estimate of drug-likeness (QED) is 0.767. The highest BCUT2D eigenvalue weighted by Gasteiger charge is 2.16. The smallest absolute Gasteiger partial charge is 0.225 e. The van der Waals surface area contributed by atoms with Crippen molar-refractivity contribution in [2.24, 2.45) is 0 Å². The maximum Gasteiger partial charge on any atom is 0.225 e. The van der Waals surface area contributed by atoms with E-state index in [-0.39, 0.29) is 11.7 Å². The molecule has 4 nitrogen and oxygen atoms in total. The molecule has 0 saturated carbocycles. The van der Waals surface area contributed by atoms with Crippen molar-refractivity contribution < 1.29 is 9.59 Å². The summed E-state index contributed by atoms with van der Waals surface area (Å²) in [5.41, 5.74) is 1.58. The van der Waals surface area contributed by atoms with Crippen molar-refractivity contribution in [1.82, 2.24) is 4.90 Å². The van der Waals surface area contributed by atoms with Crippen LogP contribution in [-0.2, 0) is 4.79 Å². The molecular weight excluding hydrogens is 348 g/mol. The summed E-state index contributed by atoms with van der Waals surface area (Å²) >= 11 is 5.89. The monoisotopic (exact) mass is 370 g/mol. The Morgan fingerprint density at radius 3 is 2.38 bits per heavy atom. The molecule has 0 bridgehead atoms. The molecule has 0 aliphatic carbocycles. The molecule has 1 amide bonds. The summed E-state index contributed by atoms with van der Waals surface area (Å²) < 4.78 is 0. The molecule has 0 atom stereocenters. The predicted octanol–water partition coefficient (Wildman–Crippen LogP) is 4.39. The molecular formula is C21H23ClN2O2. The normalized spacial score (nSPS) is 14.8. The van der Waals surface area contributed by atoms with Gasteiger partial charge in [0.25, 0.3) is 0 Å². The van der Waals surface area contributed by atoms with Crippen LogP contribution in [-0.4, -0.2) is 36.2 Å². The summed E-state index contributed by atoms with van der Waals surface area (Å²) in [5.74, 6) is -0.194. The van der Waals surface area contributed by atoms with Gasteiger partial charge in [-0.1, -0.05) is 30.2 Å². The first-order chi connectivity index (χ1) is 12.6. The zero-order valence-electron chi connectivity index (χ0n) is 14.7. The van der Waals surface area contributed by atoms with Gasteiger partial charge in [-0.05, 0) is 62.3 Å². The fraction of sp³-hybridized carbons (Fsp3) is 0.333. The lowest BCUT2D eigenvalue weighted by Gasteiger charge is -2.26. The molecule has 1 fully saturated rings. The summed E-state index contributed by atoms with van der Waals surface area (Å²) in [7, 11) is 0. The highest BCUT2D eigenvalue weighted by atomic mass is 35.5. The van der Waals surface area contributed by atoms with E-state index < -0.39 is 0 Å². The summed E-state index contributed by atoms with van der Waals surface area (Å²) in [4.78, 5) is 27.4. The van der Waals surface area contributed by atoms with Gasteiger partial charge >= 0.3 is 0 Å². The van der Waals surface area contributed by atoms with Crippen LogP contribution in [0.2, 0.25) is 5.02 Å². The molecule has 5 heteroatoms. The van der Waals surface area contributed by atoms with Crippen LogP contribution in [0.3, 0.4) is 0 Å². The first-order valence-electron chi connectivity index (χ1n) is 9.05. The zero-order chi connectivity index (χ0) is 18.4. The minimum atomic E-state index is -0.131. The van der Waals surface area contributed by atoms with Gasteiger partial charge in [-0.3, -0.25) is 9.59 Å². The Kier molecular flexibility index (Phi) is 6.42. The van der Waals surface area contributed by atoms with Gasteiger partial charge in [-0.25, -0.2) is 0 Å². The molecule has 0 aromatic heterocycles. The number of halogens is 1. The lowest BCUT2D eigenvalue weighted by Crippen LogP contribution is -2.32. The van der Waals surface area contributed by atoms with E-state index in [0.29, 0.717) is 28.3 Å². The van der Waals surface area contributed by atoms with Crippen LogP contribution in [0, 0.1) is 0 Å². The van der Waals surface area contributed by atoms with Gasteiger partial charge in [0.1, 0.15) is 0 Å². The Bertz CT molecular complexity index is 768. The second-order valence-corrected chi connectivity index (χ2v) is 7.02. The van der Waals surface area contributed by atoms with E-state index in [0.717, 1.165) is 19.6 Å². The van der Waals surface area contributed by atoms with E-state index in [1.54, 1.807) is 42.5 Å². The second-order valence-electron chi connectivity index (χ2n) is 6.58. The van der Waals surface area contributed by atoms with Crippen molar-refractivity contribution in [2.75, 3.05) is 25.0 Å². The number of carbonyl (C=O) groups is 2. The molecule has 1 N–H and O–H groups in total. The number of likely N-dealkylation sites (tertiary alicyclic amines) is 1. The van der Waals surface area contributed by atoms with Gasteiger partial charge in [-0.15, -0.1) is 0 Å². The van der Waals surface area contributed by atoms with Crippen LogP contribution >= 0.6 is 11.6 Å². The molecule has 1 saturated heterocycles. The maximum atomic E-state index is 12.8. The van der Waals surface area contributed by atoms with Crippen molar-refractivity contribution in [1.29, 1.82) is 0 Å². The summed E-state index contributed by atoms with van der Waals surface area (Å²) in [6, 6.07) is 13.9. The van der Waals surface area contributed by atoms with Crippen molar-refractivity contribution in [3.8, 4) is 0 Å². The second kappa shape index (κ2) is 8.97. The number of benzene rings is 2. The molecule has 0 spiro atoms. The predicted molar refractivity (Wildman–Crippen MR) is 105 cm³/mol. The molecule has 2 aromatic rings. The molecule has 2 aromatic carbocycles. The van der Waals surface area contributed by atoms with E-state index in [4.69, 9.17) is 11.6 Å². The SMILES string of the molecule is O=C(CCN1CCCCC1)Nc1ccccc1C(=O)c1ccc(Cl)cc1. The molecule has 1 aliphatic rings.